The van der Waals surface area contributed by atoms with Crippen LogP contribution in [0.1, 0.15) is 6.42 Å². The van der Waals surface area contributed by atoms with Crippen LogP contribution in [-0.4, -0.2) is 64.7 Å². The van der Waals surface area contributed by atoms with Crippen LogP contribution in [0.15, 0.2) is 4.99 Å². The Bertz CT molecular complexity index is 359. The molecule has 3 N–H and O–H groups in total. The molecule has 0 aromatic heterocycles. The molecule has 0 bridgehead atoms. The summed E-state index contributed by atoms with van der Waals surface area (Å²) in [7, 11) is 0. The lowest BCUT2D eigenvalue weighted by atomic mass is 10.1. The van der Waals surface area contributed by atoms with Crippen molar-refractivity contribution in [3.05, 3.63) is 0 Å². The van der Waals surface area contributed by atoms with E-state index < -0.39 is 18.3 Å². The van der Waals surface area contributed by atoms with E-state index in [-0.39, 0.29) is 18.7 Å². The lowest BCUT2D eigenvalue weighted by molar-refractivity contribution is -0.0559. The van der Waals surface area contributed by atoms with Gasteiger partial charge in [-0.05, 0) is 0 Å². The van der Waals surface area contributed by atoms with Crippen molar-refractivity contribution in [2.45, 2.75) is 31.0 Å². The van der Waals surface area contributed by atoms with Crippen LogP contribution < -0.4 is 0 Å². The first kappa shape index (κ1) is 10.0. The van der Waals surface area contributed by atoms with Crippen LogP contribution in [-0.2, 0) is 9.47 Å². The fourth-order valence-electron chi connectivity index (χ4n) is 2.26. The smallest absolute Gasteiger partial charge is 0.296 e. The van der Waals surface area contributed by atoms with Gasteiger partial charge in [0.1, 0.15) is 18.0 Å². The van der Waals surface area contributed by atoms with E-state index in [0.29, 0.717) is 19.0 Å². The Kier molecular flexibility index (Phi) is 2.13. The van der Waals surface area contributed by atoms with Crippen molar-refractivity contribution in [3.8, 4) is 0 Å². The van der Waals surface area contributed by atoms with E-state index in [1.807, 2.05) is 0 Å². The highest BCUT2D eigenvalue weighted by Gasteiger charge is 2.54. The number of nitrogens with zero attached hydrogens (tertiary/aromatic N) is 2. The van der Waals surface area contributed by atoms with Gasteiger partial charge >= 0.3 is 0 Å². The molecule has 0 spiro atoms. The Morgan fingerprint density at radius 1 is 1.56 bits per heavy atom. The maximum absolute atomic E-state index is 9.83. The Labute approximate surface area is 91.8 Å². The number of hydrogen-bond acceptors (Lipinski definition) is 6. The number of rotatable bonds is 1. The molecule has 4 atom stereocenters. The molecule has 0 radical (unpaired) electrons. The standard InChI is InChI=1S/C9H13N3O4/c10-5-1-2-12-8-7(16-9(12)11-5)6(14)4(3-13)15-8/h4,6-8,10,13-14H,1-3H2/t4-,6?,7-,8+/m1/s1. The van der Waals surface area contributed by atoms with Gasteiger partial charge in [-0.1, -0.05) is 0 Å². The molecule has 7 nitrogen and oxygen atoms in total. The summed E-state index contributed by atoms with van der Waals surface area (Å²) in [5.74, 6) is 0.277. The van der Waals surface area contributed by atoms with Crippen molar-refractivity contribution in [2.24, 2.45) is 4.99 Å². The van der Waals surface area contributed by atoms with Crippen molar-refractivity contribution < 1.29 is 19.7 Å². The number of aliphatic hydroxyl groups is 2. The monoisotopic (exact) mass is 227 g/mol. The molecule has 0 aromatic carbocycles. The highest BCUT2D eigenvalue weighted by molar-refractivity contribution is 5.95. The molecule has 0 saturated carbocycles. The minimum absolute atomic E-state index is 0.229. The van der Waals surface area contributed by atoms with Crippen LogP contribution in [0.3, 0.4) is 0 Å². The normalized spacial score (nSPS) is 41.5. The second-order valence-corrected chi connectivity index (χ2v) is 4.11. The van der Waals surface area contributed by atoms with Crippen molar-refractivity contribution >= 4 is 11.9 Å². The van der Waals surface area contributed by atoms with Gasteiger partial charge in [0.25, 0.3) is 6.02 Å². The lowest BCUT2D eigenvalue weighted by Gasteiger charge is -2.25. The van der Waals surface area contributed by atoms with Gasteiger partial charge < -0.3 is 19.7 Å². The predicted molar refractivity (Wildman–Crippen MR) is 53.1 cm³/mol. The summed E-state index contributed by atoms with van der Waals surface area (Å²) in [5.41, 5.74) is 0. The van der Waals surface area contributed by atoms with Crippen molar-refractivity contribution in [3.63, 3.8) is 0 Å². The van der Waals surface area contributed by atoms with Gasteiger partial charge in [-0.25, -0.2) is 0 Å². The van der Waals surface area contributed by atoms with Crippen molar-refractivity contribution in [1.29, 1.82) is 5.41 Å². The summed E-state index contributed by atoms with van der Waals surface area (Å²) in [6, 6.07) is 0.349. The van der Waals surface area contributed by atoms with Gasteiger partial charge in [0, 0.05) is 13.0 Å². The highest BCUT2D eigenvalue weighted by atomic mass is 16.6. The van der Waals surface area contributed by atoms with E-state index in [4.69, 9.17) is 20.0 Å². The van der Waals surface area contributed by atoms with Crippen LogP contribution in [0.5, 0.6) is 0 Å². The number of amidine groups is 2. The van der Waals surface area contributed by atoms with E-state index in [0.717, 1.165) is 0 Å². The second kappa shape index (κ2) is 3.41. The molecule has 3 aliphatic heterocycles. The average Bonchev–Trinajstić information content (AvgIpc) is 2.75. The third-order valence-electron chi connectivity index (χ3n) is 3.11. The van der Waals surface area contributed by atoms with Gasteiger partial charge in [0.15, 0.2) is 12.3 Å². The first-order valence-electron chi connectivity index (χ1n) is 5.24. The molecular formula is C9H13N3O4. The van der Waals surface area contributed by atoms with E-state index in [1.54, 1.807) is 4.90 Å². The molecule has 16 heavy (non-hydrogen) atoms. The third kappa shape index (κ3) is 1.25. The number of fused-ring (bicyclic) bond motifs is 3. The summed E-state index contributed by atoms with van der Waals surface area (Å²) < 4.78 is 11.0. The van der Waals surface area contributed by atoms with Gasteiger partial charge in [0.2, 0.25) is 0 Å². The number of ether oxygens (including phenoxy) is 2. The van der Waals surface area contributed by atoms with E-state index in [2.05, 4.69) is 4.99 Å². The summed E-state index contributed by atoms with van der Waals surface area (Å²) in [6.07, 6.45) is -1.81. The van der Waals surface area contributed by atoms with Crippen LogP contribution in [0, 0.1) is 5.41 Å². The number of aliphatic imine (C=N–C) groups is 1. The zero-order valence-corrected chi connectivity index (χ0v) is 8.54. The van der Waals surface area contributed by atoms with Gasteiger partial charge in [0.05, 0.1) is 6.61 Å². The first-order chi connectivity index (χ1) is 7.70. The third-order valence-corrected chi connectivity index (χ3v) is 3.11. The molecular weight excluding hydrogens is 214 g/mol. The number of nitrogens with one attached hydrogen (secondary N) is 1. The molecule has 88 valence electrons. The number of aliphatic hydroxyl groups excluding tert-OH is 2. The Hall–Kier alpha value is -1.18. The minimum Gasteiger partial charge on any atom is -0.454 e. The predicted octanol–water partition coefficient (Wildman–Crippen LogP) is -1.50. The molecule has 7 heteroatoms. The van der Waals surface area contributed by atoms with Crippen molar-refractivity contribution in [1.82, 2.24) is 4.90 Å². The van der Waals surface area contributed by atoms with Crippen LogP contribution in [0.4, 0.5) is 0 Å². The molecule has 1 unspecified atom stereocenters. The molecule has 3 rings (SSSR count). The Balaban J connectivity index is 1.85. The molecule has 2 saturated heterocycles. The van der Waals surface area contributed by atoms with Crippen LogP contribution >= 0.6 is 0 Å². The van der Waals surface area contributed by atoms with Crippen molar-refractivity contribution in [2.75, 3.05) is 13.2 Å². The molecule has 3 heterocycles. The molecule has 0 amide bonds. The summed E-state index contributed by atoms with van der Waals surface area (Å²) >= 11 is 0. The summed E-state index contributed by atoms with van der Waals surface area (Å²) in [4.78, 5) is 5.76. The SMILES string of the molecule is N=C1CCN2C(=N1)O[C@@H]1C(O)[C@@H](CO)O[C@@H]12. The fraction of sp³-hybridized carbons (Fsp3) is 0.778. The van der Waals surface area contributed by atoms with E-state index in [1.165, 1.54) is 0 Å². The Morgan fingerprint density at radius 2 is 2.38 bits per heavy atom. The number of hydrogen-bond donors (Lipinski definition) is 3. The fourth-order valence-corrected chi connectivity index (χ4v) is 2.26. The van der Waals surface area contributed by atoms with Crippen LogP contribution in [0.2, 0.25) is 0 Å². The first-order valence-corrected chi connectivity index (χ1v) is 5.24. The summed E-state index contributed by atoms with van der Waals surface area (Å²) in [5, 5.41) is 26.3. The molecule has 3 aliphatic rings. The van der Waals surface area contributed by atoms with Gasteiger partial charge in [-0.15, -0.1) is 0 Å². The van der Waals surface area contributed by atoms with Crippen LogP contribution in [0.25, 0.3) is 0 Å². The average molecular weight is 227 g/mol. The van der Waals surface area contributed by atoms with Gasteiger partial charge in [-0.2, -0.15) is 4.99 Å². The zero-order valence-electron chi connectivity index (χ0n) is 8.54. The van der Waals surface area contributed by atoms with Gasteiger partial charge in [-0.3, -0.25) is 10.3 Å². The largest absolute Gasteiger partial charge is 0.454 e. The molecule has 0 aromatic rings. The molecule has 2 fully saturated rings. The molecule has 0 aliphatic carbocycles. The topological polar surface area (TPSA) is 98.4 Å². The highest BCUT2D eigenvalue weighted by Crippen LogP contribution is 2.33. The summed E-state index contributed by atoms with van der Waals surface area (Å²) in [6.45, 7) is 0.372. The quantitative estimate of drug-likeness (QED) is 0.506. The van der Waals surface area contributed by atoms with E-state index in [9.17, 15) is 5.11 Å². The zero-order chi connectivity index (χ0) is 11.3. The maximum atomic E-state index is 9.83. The lowest BCUT2D eigenvalue weighted by Crippen LogP contribution is -2.40. The minimum atomic E-state index is -0.850. The van der Waals surface area contributed by atoms with E-state index >= 15 is 0 Å². The maximum Gasteiger partial charge on any atom is 0.296 e. The second-order valence-electron chi connectivity index (χ2n) is 4.11. The Morgan fingerprint density at radius 3 is 3.12 bits per heavy atom.